The molecule has 2 aliphatic rings. The van der Waals surface area contributed by atoms with Gasteiger partial charge in [-0.2, -0.15) is 0 Å². The molecule has 1 fully saturated rings. The molecule has 0 spiro atoms. The van der Waals surface area contributed by atoms with Crippen molar-refractivity contribution in [2.24, 2.45) is 5.92 Å². The van der Waals surface area contributed by atoms with E-state index in [1.807, 2.05) is 54.3 Å². The number of imide groups is 1. The zero-order valence-electron chi connectivity index (χ0n) is 18.1. The molecule has 2 aliphatic heterocycles. The van der Waals surface area contributed by atoms with Crippen molar-refractivity contribution in [2.45, 2.75) is 26.3 Å². The highest BCUT2D eigenvalue weighted by molar-refractivity contribution is 6.35. The van der Waals surface area contributed by atoms with E-state index in [4.69, 9.17) is 16.3 Å². The van der Waals surface area contributed by atoms with Gasteiger partial charge in [-0.05, 0) is 55.0 Å². The Balaban J connectivity index is 1.72. The molecule has 2 heterocycles. The molecule has 2 aromatic rings. The van der Waals surface area contributed by atoms with E-state index in [0.717, 1.165) is 18.4 Å². The van der Waals surface area contributed by atoms with Gasteiger partial charge in [-0.25, -0.2) is 0 Å². The maximum atomic E-state index is 13.6. The Hall–Kier alpha value is -2.83. The Morgan fingerprint density at radius 3 is 2.53 bits per heavy atom. The molecule has 0 radical (unpaired) electrons. The molecule has 6 nitrogen and oxygen atoms in total. The molecule has 2 aromatic carbocycles. The monoisotopic (exact) mass is 454 g/mol. The van der Waals surface area contributed by atoms with Gasteiger partial charge in [0.1, 0.15) is 11.4 Å². The van der Waals surface area contributed by atoms with Crippen LogP contribution in [0.25, 0.3) is 5.57 Å². The van der Waals surface area contributed by atoms with Crippen LogP contribution in [0.2, 0.25) is 5.02 Å². The molecule has 168 valence electrons. The topological polar surface area (TPSA) is 70.1 Å². The summed E-state index contributed by atoms with van der Waals surface area (Å²) in [6.07, 6.45) is 1.77. The van der Waals surface area contributed by atoms with Gasteiger partial charge >= 0.3 is 0 Å². The molecule has 4 rings (SSSR count). The van der Waals surface area contributed by atoms with Crippen LogP contribution < -0.4 is 4.74 Å². The van der Waals surface area contributed by atoms with Gasteiger partial charge in [0.2, 0.25) is 0 Å². The predicted octanol–water partition coefficient (Wildman–Crippen LogP) is 3.72. The highest BCUT2D eigenvalue weighted by Gasteiger charge is 2.42. The minimum absolute atomic E-state index is 0.0631. The van der Waals surface area contributed by atoms with Crippen LogP contribution in [0.15, 0.2) is 54.2 Å². The zero-order chi connectivity index (χ0) is 22.7. The van der Waals surface area contributed by atoms with Gasteiger partial charge < -0.3 is 14.7 Å². The van der Waals surface area contributed by atoms with Crippen LogP contribution in [-0.4, -0.2) is 53.0 Å². The lowest BCUT2D eigenvalue weighted by molar-refractivity contribution is -0.138. The van der Waals surface area contributed by atoms with E-state index < -0.39 is 0 Å². The third-order valence-electron chi connectivity index (χ3n) is 5.98. The number of benzene rings is 2. The average Bonchev–Trinajstić information content (AvgIpc) is 3.06. The number of rotatable bonds is 7. The number of hydrogen-bond donors (Lipinski definition) is 1. The minimum atomic E-state index is -0.333. The number of halogens is 1. The first kappa shape index (κ1) is 22.4. The smallest absolute Gasteiger partial charge is 0.278 e. The lowest BCUT2D eigenvalue weighted by Crippen LogP contribution is -2.40. The van der Waals surface area contributed by atoms with Crippen LogP contribution in [0, 0.1) is 5.92 Å². The van der Waals surface area contributed by atoms with Crippen LogP contribution >= 0.6 is 11.6 Å². The van der Waals surface area contributed by atoms with Crippen molar-refractivity contribution >= 4 is 29.0 Å². The van der Waals surface area contributed by atoms with E-state index in [9.17, 15) is 14.7 Å². The fraction of sp³-hybridized carbons (Fsp3) is 0.360. The van der Waals surface area contributed by atoms with Crippen molar-refractivity contribution < 1.29 is 19.4 Å². The van der Waals surface area contributed by atoms with Crippen molar-refractivity contribution in [3.05, 3.63) is 70.4 Å². The van der Waals surface area contributed by atoms with Gasteiger partial charge in [-0.1, -0.05) is 41.9 Å². The van der Waals surface area contributed by atoms with Crippen LogP contribution in [0.4, 0.5) is 0 Å². The standard InChI is InChI=1S/C25H27ClN2O4/c1-2-32-20-11-9-18(10-12-20)22-23(27-13-5-6-17(14-27)16-29)25(31)28(24(22)30)15-19-7-3-4-8-21(19)26/h3-4,7-12,17,29H,2,5-6,13-16H2,1H3. The second-order valence-electron chi connectivity index (χ2n) is 8.11. The van der Waals surface area contributed by atoms with E-state index in [-0.39, 0.29) is 30.9 Å². The molecule has 1 unspecified atom stereocenters. The Morgan fingerprint density at radius 1 is 1.09 bits per heavy atom. The number of carbonyl (C=O) groups is 2. The molecular weight excluding hydrogens is 428 g/mol. The van der Waals surface area contributed by atoms with Crippen LogP contribution in [0.3, 0.4) is 0 Å². The minimum Gasteiger partial charge on any atom is -0.494 e. The zero-order valence-corrected chi connectivity index (χ0v) is 18.8. The molecule has 2 amide bonds. The lowest BCUT2D eigenvalue weighted by Gasteiger charge is -2.34. The average molecular weight is 455 g/mol. The molecule has 0 bridgehead atoms. The first-order valence-corrected chi connectivity index (χ1v) is 11.3. The fourth-order valence-corrected chi connectivity index (χ4v) is 4.55. The Morgan fingerprint density at radius 2 is 1.84 bits per heavy atom. The molecule has 7 heteroatoms. The van der Waals surface area contributed by atoms with E-state index >= 15 is 0 Å². The quantitative estimate of drug-likeness (QED) is 0.645. The third kappa shape index (κ3) is 4.38. The molecule has 1 atom stereocenters. The van der Waals surface area contributed by atoms with E-state index in [0.29, 0.717) is 47.3 Å². The summed E-state index contributed by atoms with van der Waals surface area (Å²) in [5.41, 5.74) is 2.19. The number of aliphatic hydroxyl groups excluding tert-OH is 1. The van der Waals surface area contributed by atoms with E-state index in [1.54, 1.807) is 6.07 Å². The Bertz CT molecular complexity index is 1030. The normalized spacial score (nSPS) is 19.2. The Labute approximate surface area is 193 Å². The van der Waals surface area contributed by atoms with Crippen molar-refractivity contribution in [1.82, 2.24) is 9.80 Å². The maximum absolute atomic E-state index is 13.6. The first-order valence-electron chi connectivity index (χ1n) is 11.0. The molecule has 32 heavy (non-hydrogen) atoms. The number of aliphatic hydroxyl groups is 1. The number of hydrogen-bond acceptors (Lipinski definition) is 5. The number of likely N-dealkylation sites (tertiary alicyclic amines) is 1. The van der Waals surface area contributed by atoms with Crippen molar-refractivity contribution in [3.8, 4) is 5.75 Å². The number of piperidine rings is 1. The molecule has 0 aliphatic carbocycles. The van der Waals surface area contributed by atoms with Crippen molar-refractivity contribution in [1.29, 1.82) is 0 Å². The highest BCUT2D eigenvalue weighted by atomic mass is 35.5. The summed E-state index contributed by atoms with van der Waals surface area (Å²) < 4.78 is 5.53. The van der Waals surface area contributed by atoms with Crippen LogP contribution in [0.5, 0.6) is 5.75 Å². The maximum Gasteiger partial charge on any atom is 0.278 e. The fourth-order valence-electron chi connectivity index (χ4n) is 4.36. The number of carbonyl (C=O) groups excluding carboxylic acids is 2. The van der Waals surface area contributed by atoms with Crippen molar-refractivity contribution in [2.75, 3.05) is 26.3 Å². The lowest BCUT2D eigenvalue weighted by atomic mass is 9.97. The molecule has 1 N–H and O–H groups in total. The van der Waals surface area contributed by atoms with Gasteiger partial charge in [0, 0.05) is 24.7 Å². The summed E-state index contributed by atoms with van der Waals surface area (Å²) in [7, 11) is 0. The SMILES string of the molecule is CCOc1ccc(C2=C(N3CCCC(CO)C3)C(=O)N(Cc3ccccc3Cl)C2=O)cc1. The largest absolute Gasteiger partial charge is 0.494 e. The summed E-state index contributed by atoms with van der Waals surface area (Å²) >= 11 is 6.31. The van der Waals surface area contributed by atoms with Gasteiger partial charge in [-0.3, -0.25) is 14.5 Å². The molecule has 0 saturated carbocycles. The number of amides is 2. The summed E-state index contributed by atoms with van der Waals surface area (Å²) in [6, 6.07) is 14.5. The second kappa shape index (κ2) is 9.76. The van der Waals surface area contributed by atoms with Gasteiger partial charge in [-0.15, -0.1) is 0 Å². The van der Waals surface area contributed by atoms with E-state index in [1.165, 1.54) is 4.90 Å². The van der Waals surface area contributed by atoms with Gasteiger partial charge in [0.25, 0.3) is 11.8 Å². The predicted molar refractivity (Wildman–Crippen MR) is 123 cm³/mol. The summed E-state index contributed by atoms with van der Waals surface area (Å²) in [5, 5.41) is 10.2. The number of nitrogens with zero attached hydrogens (tertiary/aromatic N) is 2. The van der Waals surface area contributed by atoms with E-state index in [2.05, 4.69) is 0 Å². The molecule has 0 aromatic heterocycles. The number of ether oxygens (including phenoxy) is 1. The van der Waals surface area contributed by atoms with Gasteiger partial charge in [0.05, 0.1) is 18.7 Å². The molecular formula is C25H27ClN2O4. The summed E-state index contributed by atoms with van der Waals surface area (Å²) in [6.45, 7) is 3.85. The highest BCUT2D eigenvalue weighted by Crippen LogP contribution is 2.35. The van der Waals surface area contributed by atoms with Crippen LogP contribution in [0.1, 0.15) is 30.9 Å². The molecule has 1 saturated heterocycles. The van der Waals surface area contributed by atoms with Crippen LogP contribution in [-0.2, 0) is 16.1 Å². The van der Waals surface area contributed by atoms with Gasteiger partial charge in [0.15, 0.2) is 0 Å². The third-order valence-corrected chi connectivity index (χ3v) is 6.35. The Kier molecular flexibility index (Phi) is 6.82. The summed E-state index contributed by atoms with van der Waals surface area (Å²) in [4.78, 5) is 30.3. The van der Waals surface area contributed by atoms with Crippen molar-refractivity contribution in [3.63, 3.8) is 0 Å². The summed E-state index contributed by atoms with van der Waals surface area (Å²) in [5.74, 6) is 0.136. The second-order valence-corrected chi connectivity index (χ2v) is 8.51. The first-order chi connectivity index (χ1) is 15.5.